The molecular weight excluding hydrogens is 208 g/mol. The summed E-state index contributed by atoms with van der Waals surface area (Å²) in [7, 11) is 2.25. The third kappa shape index (κ3) is 3.96. The molecule has 3 atom stereocenters. The lowest BCUT2D eigenvalue weighted by Crippen LogP contribution is -2.38. The monoisotopic (exact) mass is 238 g/mol. The maximum atomic E-state index is 3.84. The highest BCUT2D eigenvalue weighted by molar-refractivity contribution is 4.82. The lowest BCUT2D eigenvalue weighted by atomic mass is 9.79. The average Bonchev–Trinajstić information content (AvgIpc) is 2.73. The van der Waals surface area contributed by atoms with Crippen LogP contribution in [0, 0.1) is 17.8 Å². The van der Waals surface area contributed by atoms with Crippen molar-refractivity contribution in [2.45, 2.75) is 52.0 Å². The Morgan fingerprint density at radius 2 is 2.06 bits per heavy atom. The van der Waals surface area contributed by atoms with E-state index in [4.69, 9.17) is 0 Å². The normalized spacial score (nSPS) is 35.6. The van der Waals surface area contributed by atoms with Gasteiger partial charge in [-0.05, 0) is 57.2 Å². The molecule has 2 heteroatoms. The number of nitrogens with one attached hydrogen (secondary N) is 1. The maximum Gasteiger partial charge on any atom is 0.00699 e. The van der Waals surface area contributed by atoms with Crippen molar-refractivity contribution >= 4 is 0 Å². The Morgan fingerprint density at radius 3 is 2.71 bits per heavy atom. The van der Waals surface area contributed by atoms with Crippen LogP contribution in [0.5, 0.6) is 0 Å². The van der Waals surface area contributed by atoms with Crippen LogP contribution in [0.1, 0.15) is 46.0 Å². The Morgan fingerprint density at radius 1 is 1.24 bits per heavy atom. The molecule has 1 saturated heterocycles. The zero-order valence-corrected chi connectivity index (χ0v) is 11.9. The first-order valence-electron chi connectivity index (χ1n) is 7.57. The van der Waals surface area contributed by atoms with E-state index in [2.05, 4.69) is 31.1 Å². The van der Waals surface area contributed by atoms with Crippen molar-refractivity contribution in [1.29, 1.82) is 0 Å². The number of hydrogen-bond donors (Lipinski definition) is 1. The molecule has 0 bridgehead atoms. The summed E-state index contributed by atoms with van der Waals surface area (Å²) in [5.74, 6) is 2.74. The number of rotatable bonds is 4. The van der Waals surface area contributed by atoms with Gasteiger partial charge in [-0.3, -0.25) is 0 Å². The summed E-state index contributed by atoms with van der Waals surface area (Å²) in [5.41, 5.74) is 0. The van der Waals surface area contributed by atoms with E-state index in [0.29, 0.717) is 0 Å². The zero-order chi connectivity index (χ0) is 12.3. The topological polar surface area (TPSA) is 15.3 Å². The predicted octanol–water partition coefficient (Wildman–Crippen LogP) is 2.74. The Hall–Kier alpha value is -0.0800. The second-order valence-corrected chi connectivity index (χ2v) is 6.69. The van der Waals surface area contributed by atoms with Crippen LogP contribution in [0.25, 0.3) is 0 Å². The van der Waals surface area contributed by atoms with Gasteiger partial charge in [-0.15, -0.1) is 0 Å². The molecule has 100 valence electrons. The molecule has 0 radical (unpaired) electrons. The molecule has 0 amide bonds. The van der Waals surface area contributed by atoms with Crippen LogP contribution in [-0.4, -0.2) is 37.6 Å². The first-order valence-corrected chi connectivity index (χ1v) is 7.57. The van der Waals surface area contributed by atoms with E-state index < -0.39 is 0 Å². The van der Waals surface area contributed by atoms with E-state index in [1.165, 1.54) is 51.7 Å². The second kappa shape index (κ2) is 6.19. The second-order valence-electron chi connectivity index (χ2n) is 6.69. The molecule has 1 heterocycles. The average molecular weight is 238 g/mol. The number of nitrogens with zero attached hydrogens (tertiary/aromatic N) is 1. The molecule has 2 aliphatic rings. The van der Waals surface area contributed by atoms with Gasteiger partial charge in [-0.25, -0.2) is 0 Å². The first-order chi connectivity index (χ1) is 8.15. The van der Waals surface area contributed by atoms with Gasteiger partial charge in [0.15, 0.2) is 0 Å². The fourth-order valence-corrected chi connectivity index (χ4v) is 3.54. The fourth-order valence-electron chi connectivity index (χ4n) is 3.54. The summed E-state index contributed by atoms with van der Waals surface area (Å²) < 4.78 is 0. The number of likely N-dealkylation sites (tertiary alicyclic amines) is 1. The van der Waals surface area contributed by atoms with E-state index in [0.717, 1.165) is 23.8 Å². The summed E-state index contributed by atoms with van der Waals surface area (Å²) >= 11 is 0. The van der Waals surface area contributed by atoms with Gasteiger partial charge < -0.3 is 10.2 Å². The molecule has 1 N–H and O–H groups in total. The van der Waals surface area contributed by atoms with E-state index in [1.54, 1.807) is 0 Å². The molecule has 3 unspecified atom stereocenters. The van der Waals surface area contributed by atoms with E-state index in [-0.39, 0.29) is 0 Å². The highest BCUT2D eigenvalue weighted by Gasteiger charge is 2.25. The van der Waals surface area contributed by atoms with Crippen molar-refractivity contribution in [2.75, 3.05) is 26.7 Å². The summed E-state index contributed by atoms with van der Waals surface area (Å²) in [6.07, 6.45) is 7.11. The molecule has 2 nitrogen and oxygen atoms in total. The van der Waals surface area contributed by atoms with Gasteiger partial charge in [0, 0.05) is 12.6 Å². The Balaban J connectivity index is 1.68. The van der Waals surface area contributed by atoms with Crippen LogP contribution >= 0.6 is 0 Å². The molecule has 1 aliphatic carbocycles. The predicted molar refractivity (Wildman–Crippen MR) is 74.2 cm³/mol. The standard InChI is InChI=1S/C15H30N2/c1-12(2)14-5-4-6-15(9-14)16-10-13-7-8-17(3)11-13/h12-16H,4-11H2,1-3H3. The minimum absolute atomic E-state index is 0.807. The van der Waals surface area contributed by atoms with Gasteiger partial charge in [0.1, 0.15) is 0 Å². The third-order valence-corrected chi connectivity index (χ3v) is 4.84. The highest BCUT2D eigenvalue weighted by Crippen LogP contribution is 2.30. The van der Waals surface area contributed by atoms with Crippen molar-refractivity contribution in [3.8, 4) is 0 Å². The minimum atomic E-state index is 0.807. The van der Waals surface area contributed by atoms with Gasteiger partial charge in [0.25, 0.3) is 0 Å². The summed E-state index contributed by atoms with van der Waals surface area (Å²) in [6, 6.07) is 0.807. The molecule has 2 fully saturated rings. The van der Waals surface area contributed by atoms with Crippen LogP contribution in [0.4, 0.5) is 0 Å². The zero-order valence-electron chi connectivity index (χ0n) is 11.9. The van der Waals surface area contributed by atoms with E-state index >= 15 is 0 Å². The quantitative estimate of drug-likeness (QED) is 0.810. The van der Waals surface area contributed by atoms with Gasteiger partial charge in [-0.2, -0.15) is 0 Å². The van der Waals surface area contributed by atoms with Crippen molar-refractivity contribution < 1.29 is 0 Å². The molecule has 0 aromatic rings. The van der Waals surface area contributed by atoms with Crippen LogP contribution in [0.3, 0.4) is 0 Å². The Kier molecular flexibility index (Phi) is 4.87. The SMILES string of the molecule is CC(C)C1CCCC(NCC2CCN(C)C2)C1. The van der Waals surface area contributed by atoms with Gasteiger partial charge >= 0.3 is 0 Å². The van der Waals surface area contributed by atoms with E-state index in [1.807, 2.05) is 0 Å². The minimum Gasteiger partial charge on any atom is -0.314 e. The van der Waals surface area contributed by atoms with Crippen LogP contribution in [0.15, 0.2) is 0 Å². The lowest BCUT2D eigenvalue weighted by Gasteiger charge is -2.32. The molecule has 0 aromatic carbocycles. The van der Waals surface area contributed by atoms with Crippen molar-refractivity contribution in [1.82, 2.24) is 10.2 Å². The van der Waals surface area contributed by atoms with Crippen LogP contribution in [-0.2, 0) is 0 Å². The number of hydrogen-bond acceptors (Lipinski definition) is 2. The maximum absolute atomic E-state index is 3.84. The van der Waals surface area contributed by atoms with Gasteiger partial charge in [0.2, 0.25) is 0 Å². The van der Waals surface area contributed by atoms with Crippen molar-refractivity contribution in [3.05, 3.63) is 0 Å². The molecule has 17 heavy (non-hydrogen) atoms. The molecule has 1 aliphatic heterocycles. The van der Waals surface area contributed by atoms with Crippen molar-refractivity contribution in [3.63, 3.8) is 0 Å². The van der Waals surface area contributed by atoms with Gasteiger partial charge in [0.05, 0.1) is 0 Å². The molecular formula is C15H30N2. The summed E-state index contributed by atoms with van der Waals surface area (Å²) in [4.78, 5) is 2.46. The highest BCUT2D eigenvalue weighted by atomic mass is 15.1. The Bertz CT molecular complexity index is 227. The fraction of sp³-hybridized carbons (Fsp3) is 1.00. The molecule has 0 spiro atoms. The molecule has 0 aromatic heterocycles. The summed E-state index contributed by atoms with van der Waals surface area (Å²) in [6.45, 7) is 8.62. The summed E-state index contributed by atoms with van der Waals surface area (Å²) in [5, 5.41) is 3.84. The van der Waals surface area contributed by atoms with Crippen LogP contribution in [0.2, 0.25) is 0 Å². The van der Waals surface area contributed by atoms with Crippen LogP contribution < -0.4 is 5.32 Å². The van der Waals surface area contributed by atoms with Gasteiger partial charge in [-0.1, -0.05) is 26.7 Å². The molecule has 2 rings (SSSR count). The molecule has 1 saturated carbocycles. The first kappa shape index (κ1) is 13.4. The smallest absolute Gasteiger partial charge is 0.00699 e. The third-order valence-electron chi connectivity index (χ3n) is 4.84. The van der Waals surface area contributed by atoms with Crippen molar-refractivity contribution in [2.24, 2.45) is 17.8 Å². The Labute approximate surface area is 107 Å². The lowest BCUT2D eigenvalue weighted by molar-refractivity contribution is 0.226. The van der Waals surface area contributed by atoms with E-state index in [9.17, 15) is 0 Å². The largest absolute Gasteiger partial charge is 0.314 e.